The number of hydrogen-bond acceptors (Lipinski definition) is 1. The molecular weight excluding hydrogens is 201 g/mol. The molecule has 0 heterocycles. The molecule has 2 N–H and O–H groups in total. The molecular formula is C14H20FN. The summed E-state index contributed by atoms with van der Waals surface area (Å²) in [5.41, 5.74) is 6.94. The molecule has 0 aliphatic heterocycles. The lowest BCUT2D eigenvalue weighted by Gasteiger charge is -2.27. The molecule has 0 aromatic heterocycles. The molecule has 0 saturated heterocycles. The summed E-state index contributed by atoms with van der Waals surface area (Å²) in [6, 6.07) is 6.93. The third kappa shape index (κ3) is 3.05. The van der Waals surface area contributed by atoms with E-state index >= 15 is 0 Å². The topological polar surface area (TPSA) is 26.0 Å². The van der Waals surface area contributed by atoms with Gasteiger partial charge in [-0.25, -0.2) is 4.39 Å². The molecule has 1 fully saturated rings. The SMILES string of the molecule is NCC1CCC(Cc2ccc(F)cc2)CC1. The first kappa shape index (κ1) is 11.6. The molecule has 2 rings (SSSR count). The van der Waals surface area contributed by atoms with Gasteiger partial charge >= 0.3 is 0 Å². The van der Waals surface area contributed by atoms with E-state index in [0.29, 0.717) is 0 Å². The van der Waals surface area contributed by atoms with Crippen LogP contribution in [0.5, 0.6) is 0 Å². The normalized spacial score (nSPS) is 25.6. The van der Waals surface area contributed by atoms with Gasteiger partial charge in [0.2, 0.25) is 0 Å². The Kier molecular flexibility index (Phi) is 3.94. The van der Waals surface area contributed by atoms with E-state index < -0.39 is 0 Å². The molecule has 0 spiro atoms. The Hall–Kier alpha value is -0.890. The second-order valence-corrected chi connectivity index (χ2v) is 4.95. The van der Waals surface area contributed by atoms with Gasteiger partial charge in [-0.3, -0.25) is 0 Å². The van der Waals surface area contributed by atoms with Gasteiger partial charge in [0.25, 0.3) is 0 Å². The highest BCUT2D eigenvalue weighted by Crippen LogP contribution is 2.30. The van der Waals surface area contributed by atoms with Gasteiger partial charge in [-0.15, -0.1) is 0 Å². The lowest BCUT2D eigenvalue weighted by molar-refractivity contribution is 0.278. The van der Waals surface area contributed by atoms with Crippen LogP contribution in [0.4, 0.5) is 4.39 Å². The largest absolute Gasteiger partial charge is 0.330 e. The lowest BCUT2D eigenvalue weighted by atomic mass is 9.79. The van der Waals surface area contributed by atoms with E-state index in [9.17, 15) is 4.39 Å². The summed E-state index contributed by atoms with van der Waals surface area (Å²) in [6.07, 6.45) is 6.18. The standard InChI is InChI=1S/C14H20FN/c15-14-7-5-12(6-8-14)9-11-1-3-13(10-16)4-2-11/h5-8,11,13H,1-4,9-10,16H2. The summed E-state index contributed by atoms with van der Waals surface area (Å²) in [7, 11) is 0. The van der Waals surface area contributed by atoms with Crippen molar-refractivity contribution >= 4 is 0 Å². The maximum absolute atomic E-state index is 12.7. The molecule has 0 radical (unpaired) electrons. The van der Waals surface area contributed by atoms with Gasteiger partial charge < -0.3 is 5.73 Å². The Balaban J connectivity index is 1.84. The molecule has 0 amide bonds. The Labute approximate surface area is 96.9 Å². The second kappa shape index (κ2) is 5.44. The van der Waals surface area contributed by atoms with E-state index in [1.807, 2.05) is 12.1 Å². The average molecular weight is 221 g/mol. The highest BCUT2D eigenvalue weighted by Gasteiger charge is 2.20. The van der Waals surface area contributed by atoms with Crippen LogP contribution in [0.3, 0.4) is 0 Å². The van der Waals surface area contributed by atoms with E-state index in [1.54, 1.807) is 12.1 Å². The van der Waals surface area contributed by atoms with Crippen LogP contribution in [-0.2, 0) is 6.42 Å². The van der Waals surface area contributed by atoms with E-state index in [-0.39, 0.29) is 5.82 Å². The quantitative estimate of drug-likeness (QED) is 0.833. The molecule has 1 aromatic carbocycles. The van der Waals surface area contributed by atoms with Crippen molar-refractivity contribution in [3.63, 3.8) is 0 Å². The maximum atomic E-state index is 12.7. The van der Waals surface area contributed by atoms with E-state index in [4.69, 9.17) is 5.73 Å². The molecule has 88 valence electrons. The van der Waals surface area contributed by atoms with Crippen LogP contribution >= 0.6 is 0 Å². The molecule has 1 aromatic rings. The summed E-state index contributed by atoms with van der Waals surface area (Å²) < 4.78 is 12.7. The molecule has 0 atom stereocenters. The van der Waals surface area contributed by atoms with Gasteiger partial charge in [-0.05, 0) is 68.2 Å². The molecule has 1 saturated carbocycles. The smallest absolute Gasteiger partial charge is 0.123 e. The minimum absolute atomic E-state index is 0.143. The summed E-state index contributed by atoms with van der Waals surface area (Å²) in [5, 5.41) is 0. The van der Waals surface area contributed by atoms with E-state index in [0.717, 1.165) is 24.8 Å². The van der Waals surface area contributed by atoms with Crippen molar-refractivity contribution in [3.05, 3.63) is 35.6 Å². The highest BCUT2D eigenvalue weighted by molar-refractivity contribution is 5.16. The van der Waals surface area contributed by atoms with Crippen molar-refractivity contribution in [1.29, 1.82) is 0 Å². The number of rotatable bonds is 3. The fourth-order valence-electron chi connectivity index (χ4n) is 2.63. The molecule has 1 aliphatic rings. The summed E-state index contributed by atoms with van der Waals surface area (Å²) in [6.45, 7) is 0.837. The van der Waals surface area contributed by atoms with Crippen molar-refractivity contribution in [3.8, 4) is 0 Å². The third-order valence-electron chi connectivity index (χ3n) is 3.74. The fraction of sp³-hybridized carbons (Fsp3) is 0.571. The average Bonchev–Trinajstić information content (AvgIpc) is 2.33. The van der Waals surface area contributed by atoms with Crippen LogP contribution in [0.1, 0.15) is 31.2 Å². The highest BCUT2D eigenvalue weighted by atomic mass is 19.1. The molecule has 2 heteroatoms. The van der Waals surface area contributed by atoms with E-state index in [2.05, 4.69) is 0 Å². The first-order valence-corrected chi connectivity index (χ1v) is 6.22. The molecule has 1 nitrogen and oxygen atoms in total. The Morgan fingerprint density at radius 2 is 1.56 bits per heavy atom. The molecule has 0 unspecified atom stereocenters. The van der Waals surface area contributed by atoms with Crippen LogP contribution in [0.15, 0.2) is 24.3 Å². The van der Waals surface area contributed by atoms with Gasteiger partial charge in [-0.2, -0.15) is 0 Å². The van der Waals surface area contributed by atoms with Crippen LogP contribution in [0.25, 0.3) is 0 Å². The minimum atomic E-state index is -0.143. The maximum Gasteiger partial charge on any atom is 0.123 e. The number of hydrogen-bond donors (Lipinski definition) is 1. The van der Waals surface area contributed by atoms with Gasteiger partial charge in [0.15, 0.2) is 0 Å². The Bertz CT molecular complexity index is 312. The van der Waals surface area contributed by atoms with Gasteiger partial charge in [0.05, 0.1) is 0 Å². The predicted molar refractivity (Wildman–Crippen MR) is 64.6 cm³/mol. The Morgan fingerprint density at radius 1 is 1.00 bits per heavy atom. The van der Waals surface area contributed by atoms with Crippen LogP contribution in [0, 0.1) is 17.7 Å². The van der Waals surface area contributed by atoms with Gasteiger partial charge in [-0.1, -0.05) is 12.1 Å². The zero-order valence-corrected chi connectivity index (χ0v) is 9.66. The zero-order valence-electron chi connectivity index (χ0n) is 9.66. The first-order valence-electron chi connectivity index (χ1n) is 6.22. The summed E-state index contributed by atoms with van der Waals surface area (Å²) in [5.74, 6) is 1.37. The van der Waals surface area contributed by atoms with Crippen molar-refractivity contribution in [2.24, 2.45) is 17.6 Å². The zero-order chi connectivity index (χ0) is 11.4. The van der Waals surface area contributed by atoms with Crippen LogP contribution < -0.4 is 5.73 Å². The van der Waals surface area contributed by atoms with Crippen molar-refractivity contribution < 1.29 is 4.39 Å². The van der Waals surface area contributed by atoms with Gasteiger partial charge in [0, 0.05) is 0 Å². The fourth-order valence-corrected chi connectivity index (χ4v) is 2.63. The van der Waals surface area contributed by atoms with Gasteiger partial charge in [0.1, 0.15) is 5.82 Å². The van der Waals surface area contributed by atoms with Crippen molar-refractivity contribution in [2.75, 3.05) is 6.54 Å². The van der Waals surface area contributed by atoms with Crippen LogP contribution in [0.2, 0.25) is 0 Å². The molecule has 16 heavy (non-hydrogen) atoms. The minimum Gasteiger partial charge on any atom is -0.330 e. The Morgan fingerprint density at radius 3 is 2.12 bits per heavy atom. The number of halogens is 1. The van der Waals surface area contributed by atoms with Crippen molar-refractivity contribution in [2.45, 2.75) is 32.1 Å². The molecule has 1 aliphatic carbocycles. The third-order valence-corrected chi connectivity index (χ3v) is 3.74. The van der Waals surface area contributed by atoms with Crippen LogP contribution in [-0.4, -0.2) is 6.54 Å². The first-order chi connectivity index (χ1) is 7.78. The summed E-state index contributed by atoms with van der Waals surface area (Å²) >= 11 is 0. The molecule has 0 bridgehead atoms. The summed E-state index contributed by atoms with van der Waals surface area (Å²) in [4.78, 5) is 0. The second-order valence-electron chi connectivity index (χ2n) is 4.95. The number of nitrogens with two attached hydrogens (primary N) is 1. The van der Waals surface area contributed by atoms with Crippen molar-refractivity contribution in [1.82, 2.24) is 0 Å². The number of benzene rings is 1. The lowest BCUT2D eigenvalue weighted by Crippen LogP contribution is -2.22. The predicted octanol–water partition coefficient (Wildman–Crippen LogP) is 3.13. The monoisotopic (exact) mass is 221 g/mol. The van der Waals surface area contributed by atoms with E-state index in [1.165, 1.54) is 31.2 Å².